The van der Waals surface area contributed by atoms with E-state index in [0.717, 1.165) is 11.1 Å². The van der Waals surface area contributed by atoms with E-state index >= 15 is 0 Å². The maximum absolute atomic E-state index is 13.4. The number of benzene rings is 4. The number of carboxylic acids is 1. The van der Waals surface area contributed by atoms with E-state index in [2.05, 4.69) is 5.32 Å². The van der Waals surface area contributed by atoms with E-state index in [4.69, 9.17) is 11.6 Å². The molecular weight excluding hydrogens is 553 g/mol. The molecule has 0 aliphatic carbocycles. The van der Waals surface area contributed by atoms with Gasteiger partial charge in [0.25, 0.3) is 0 Å². The van der Waals surface area contributed by atoms with Crippen molar-refractivity contribution in [3.05, 3.63) is 118 Å². The lowest BCUT2D eigenvalue weighted by atomic mass is 9.98. The zero-order valence-electron chi connectivity index (χ0n) is 22.2. The molecule has 0 aliphatic rings. The molecule has 4 rings (SSSR count). The molecule has 0 radical (unpaired) electrons. The summed E-state index contributed by atoms with van der Waals surface area (Å²) in [6.45, 7) is 1.60. The second-order valence-corrected chi connectivity index (χ2v) is 10.1. The van der Waals surface area contributed by atoms with Crippen LogP contribution in [0.25, 0.3) is 11.1 Å². The van der Waals surface area contributed by atoms with E-state index in [1.54, 1.807) is 60.7 Å². The largest absolute Gasteiger partial charge is 0.478 e. The maximum Gasteiger partial charge on any atom is 0.390 e. The summed E-state index contributed by atoms with van der Waals surface area (Å²) in [7, 11) is 0. The molecule has 0 unspecified atom stereocenters. The molecule has 212 valence electrons. The molecule has 0 saturated heterocycles. The lowest BCUT2D eigenvalue weighted by Crippen LogP contribution is -2.29. The Morgan fingerprint density at radius 3 is 2.29 bits per heavy atom. The topological polar surface area (TPSA) is 69.6 Å². The lowest BCUT2D eigenvalue weighted by Gasteiger charge is -2.29. The minimum atomic E-state index is -4.41. The summed E-state index contributed by atoms with van der Waals surface area (Å²) in [5.41, 5.74) is 4.00. The number of carboxylic acid groups (broad SMARTS) is 1. The third-order valence-electron chi connectivity index (χ3n) is 6.55. The molecule has 0 heterocycles. The number of carbonyl (C=O) groups is 2. The van der Waals surface area contributed by atoms with Gasteiger partial charge in [0.1, 0.15) is 0 Å². The standard InChI is InChI=1S/C32H28ClF3N2O3/c1-21-10-12-22(13-11-21)18-30(39)37-28-19-23(25-7-3-4-8-26(25)31(40)41)14-15-29(28)38(17-16-32(34,35)36)20-24-6-2-5-9-27(24)33/h2-15,19H,16-18,20H2,1H3,(H,37,39)(H,40,41). The van der Waals surface area contributed by atoms with Gasteiger partial charge < -0.3 is 15.3 Å². The molecule has 41 heavy (non-hydrogen) atoms. The first-order chi connectivity index (χ1) is 19.5. The van der Waals surface area contributed by atoms with Crippen molar-refractivity contribution in [3.8, 4) is 11.1 Å². The first-order valence-corrected chi connectivity index (χ1v) is 13.3. The fraction of sp³-hybridized carbons (Fsp3) is 0.188. The van der Waals surface area contributed by atoms with E-state index in [1.165, 1.54) is 11.0 Å². The number of aromatic carboxylic acids is 1. The first kappa shape index (κ1) is 29.7. The number of hydrogen-bond acceptors (Lipinski definition) is 3. The molecule has 4 aromatic carbocycles. The van der Waals surface area contributed by atoms with Crippen LogP contribution >= 0.6 is 11.6 Å². The third kappa shape index (κ3) is 8.11. The highest BCUT2D eigenvalue weighted by Gasteiger charge is 2.29. The fourth-order valence-electron chi connectivity index (χ4n) is 4.47. The first-order valence-electron chi connectivity index (χ1n) is 12.9. The summed E-state index contributed by atoms with van der Waals surface area (Å²) in [6.07, 6.45) is -5.45. The predicted molar refractivity (Wildman–Crippen MR) is 156 cm³/mol. The van der Waals surface area contributed by atoms with Crippen molar-refractivity contribution in [2.75, 3.05) is 16.8 Å². The summed E-state index contributed by atoms with van der Waals surface area (Å²) < 4.78 is 40.1. The maximum atomic E-state index is 13.4. The monoisotopic (exact) mass is 580 g/mol. The smallest absolute Gasteiger partial charge is 0.390 e. The van der Waals surface area contributed by atoms with E-state index in [1.807, 2.05) is 31.2 Å². The molecular formula is C32H28ClF3N2O3. The highest BCUT2D eigenvalue weighted by atomic mass is 35.5. The van der Waals surface area contributed by atoms with Gasteiger partial charge in [0.15, 0.2) is 0 Å². The van der Waals surface area contributed by atoms with Crippen LogP contribution in [0.3, 0.4) is 0 Å². The second kappa shape index (κ2) is 12.9. The van der Waals surface area contributed by atoms with Crippen molar-refractivity contribution in [2.24, 2.45) is 0 Å². The van der Waals surface area contributed by atoms with Crippen LogP contribution in [0.5, 0.6) is 0 Å². The summed E-state index contributed by atoms with van der Waals surface area (Å²) in [6, 6.07) is 25.6. The van der Waals surface area contributed by atoms with Crippen LogP contribution in [-0.4, -0.2) is 29.7 Å². The van der Waals surface area contributed by atoms with Gasteiger partial charge in [-0.05, 0) is 53.4 Å². The van der Waals surface area contributed by atoms with Gasteiger partial charge in [0.05, 0.1) is 29.8 Å². The van der Waals surface area contributed by atoms with Crippen LogP contribution in [0.15, 0.2) is 91.0 Å². The van der Waals surface area contributed by atoms with Crippen molar-refractivity contribution in [2.45, 2.75) is 32.5 Å². The van der Waals surface area contributed by atoms with Crippen molar-refractivity contribution in [3.63, 3.8) is 0 Å². The van der Waals surface area contributed by atoms with E-state index in [-0.39, 0.29) is 36.7 Å². The van der Waals surface area contributed by atoms with Gasteiger partial charge >= 0.3 is 12.1 Å². The lowest BCUT2D eigenvalue weighted by molar-refractivity contribution is -0.132. The molecule has 9 heteroatoms. The average molecular weight is 581 g/mol. The minimum Gasteiger partial charge on any atom is -0.478 e. The zero-order valence-corrected chi connectivity index (χ0v) is 23.0. The Morgan fingerprint density at radius 2 is 1.61 bits per heavy atom. The van der Waals surface area contributed by atoms with Gasteiger partial charge in [-0.1, -0.05) is 83.9 Å². The van der Waals surface area contributed by atoms with E-state index in [0.29, 0.717) is 27.4 Å². The molecule has 0 aliphatic heterocycles. The van der Waals surface area contributed by atoms with Crippen LogP contribution in [0.4, 0.5) is 24.5 Å². The fourth-order valence-corrected chi connectivity index (χ4v) is 4.66. The summed E-state index contributed by atoms with van der Waals surface area (Å²) in [5, 5.41) is 13.0. The molecule has 0 bridgehead atoms. The molecule has 0 aromatic heterocycles. The van der Waals surface area contributed by atoms with Crippen LogP contribution in [-0.2, 0) is 17.8 Å². The molecule has 1 amide bonds. The highest BCUT2D eigenvalue weighted by molar-refractivity contribution is 6.31. The van der Waals surface area contributed by atoms with Crippen LogP contribution in [0.2, 0.25) is 5.02 Å². The van der Waals surface area contributed by atoms with Gasteiger partial charge in [0, 0.05) is 18.1 Å². The summed E-state index contributed by atoms with van der Waals surface area (Å²) in [4.78, 5) is 26.6. The number of halogens is 4. The molecule has 0 saturated carbocycles. The number of nitrogens with one attached hydrogen (secondary N) is 1. The van der Waals surface area contributed by atoms with Crippen molar-refractivity contribution in [1.82, 2.24) is 0 Å². The number of hydrogen-bond donors (Lipinski definition) is 2. The van der Waals surface area contributed by atoms with Gasteiger partial charge in [-0.3, -0.25) is 4.79 Å². The van der Waals surface area contributed by atoms with Gasteiger partial charge in [-0.2, -0.15) is 13.2 Å². The Labute approximate surface area is 241 Å². The Bertz CT molecular complexity index is 1540. The third-order valence-corrected chi connectivity index (χ3v) is 6.92. The average Bonchev–Trinajstić information content (AvgIpc) is 2.93. The van der Waals surface area contributed by atoms with Gasteiger partial charge in [-0.15, -0.1) is 0 Å². The Balaban J connectivity index is 1.77. The summed E-state index contributed by atoms with van der Waals surface area (Å²) in [5.74, 6) is -1.49. The normalized spacial score (nSPS) is 11.2. The zero-order chi connectivity index (χ0) is 29.6. The predicted octanol–water partition coefficient (Wildman–Crippen LogP) is 8.15. The Kier molecular flexibility index (Phi) is 9.35. The number of rotatable bonds is 10. The number of aryl methyl sites for hydroxylation is 1. The molecule has 0 fully saturated rings. The number of anilines is 2. The van der Waals surface area contributed by atoms with Crippen LogP contribution in [0, 0.1) is 6.92 Å². The molecule has 0 spiro atoms. The van der Waals surface area contributed by atoms with Crippen molar-refractivity contribution in [1.29, 1.82) is 0 Å². The molecule has 4 aromatic rings. The number of nitrogens with zero attached hydrogens (tertiary/aromatic N) is 1. The highest BCUT2D eigenvalue weighted by Crippen LogP contribution is 2.36. The SMILES string of the molecule is Cc1ccc(CC(=O)Nc2cc(-c3ccccc3C(=O)O)ccc2N(CCC(F)(F)F)Cc2ccccc2Cl)cc1. The number of alkyl halides is 3. The molecule has 5 nitrogen and oxygen atoms in total. The quantitative estimate of drug-likeness (QED) is 0.199. The van der Waals surface area contributed by atoms with Crippen molar-refractivity contribution >= 4 is 34.9 Å². The Hall–Kier alpha value is -4.30. The van der Waals surface area contributed by atoms with E-state index < -0.39 is 18.6 Å². The molecule has 0 atom stereocenters. The van der Waals surface area contributed by atoms with Crippen LogP contribution < -0.4 is 10.2 Å². The molecule has 2 N–H and O–H groups in total. The van der Waals surface area contributed by atoms with Crippen LogP contribution in [0.1, 0.15) is 33.5 Å². The van der Waals surface area contributed by atoms with Crippen molar-refractivity contribution < 1.29 is 27.9 Å². The Morgan fingerprint density at radius 1 is 0.927 bits per heavy atom. The summed E-state index contributed by atoms with van der Waals surface area (Å²) >= 11 is 6.35. The minimum absolute atomic E-state index is 0.0444. The number of carbonyl (C=O) groups excluding carboxylic acids is 1. The number of amides is 1. The second-order valence-electron chi connectivity index (χ2n) is 9.67. The van der Waals surface area contributed by atoms with E-state index in [9.17, 15) is 27.9 Å². The van der Waals surface area contributed by atoms with Gasteiger partial charge in [0.2, 0.25) is 5.91 Å². The van der Waals surface area contributed by atoms with Gasteiger partial charge in [-0.25, -0.2) is 4.79 Å².